The Labute approximate surface area is 146 Å². The van der Waals surface area contributed by atoms with Crippen molar-refractivity contribution in [2.24, 2.45) is 4.99 Å². The van der Waals surface area contributed by atoms with Crippen LogP contribution in [0.25, 0.3) is 11.4 Å². The molecule has 3 rings (SSSR count). The van der Waals surface area contributed by atoms with Gasteiger partial charge in [0.15, 0.2) is 11.9 Å². The summed E-state index contributed by atoms with van der Waals surface area (Å²) in [5.74, 6) is 0. The van der Waals surface area contributed by atoms with Crippen molar-refractivity contribution in [3.63, 3.8) is 0 Å². The highest BCUT2D eigenvalue weighted by Crippen LogP contribution is 2.31. The average Bonchev–Trinajstić information content (AvgIpc) is 3.05. The quantitative estimate of drug-likeness (QED) is 0.831. The fraction of sp³-hybridized carbons (Fsp3) is 0.267. The van der Waals surface area contributed by atoms with Crippen LogP contribution in [0.1, 0.15) is 11.3 Å². The van der Waals surface area contributed by atoms with E-state index in [1.807, 2.05) is 0 Å². The maximum Gasteiger partial charge on any atom is 0.436 e. The Balaban J connectivity index is 2.08. The zero-order valence-corrected chi connectivity index (χ0v) is 14.0. The Hall–Kier alpha value is -2.39. The Morgan fingerprint density at radius 3 is 2.68 bits per heavy atom. The summed E-state index contributed by atoms with van der Waals surface area (Å²) in [4.78, 5) is 6.04. The summed E-state index contributed by atoms with van der Waals surface area (Å²) in [6.07, 6.45) is -0.815. The third kappa shape index (κ3) is 3.52. The predicted octanol–water partition coefficient (Wildman–Crippen LogP) is 3.23. The van der Waals surface area contributed by atoms with Gasteiger partial charge >= 0.3 is 6.18 Å². The normalized spacial score (nSPS) is 17.8. The fourth-order valence-corrected chi connectivity index (χ4v) is 2.51. The topological polar surface area (TPSA) is 55.5 Å². The second-order valence-corrected chi connectivity index (χ2v) is 5.73. The van der Waals surface area contributed by atoms with Gasteiger partial charge in [-0.05, 0) is 24.3 Å². The van der Waals surface area contributed by atoms with Crippen molar-refractivity contribution >= 4 is 23.6 Å². The maximum atomic E-state index is 12.8. The molecule has 0 saturated heterocycles. The molecule has 0 N–H and O–H groups in total. The first-order valence-corrected chi connectivity index (χ1v) is 7.48. The van der Waals surface area contributed by atoms with Crippen LogP contribution in [-0.4, -0.2) is 46.6 Å². The lowest BCUT2D eigenvalue weighted by Crippen LogP contribution is -2.32. The molecule has 10 heteroatoms. The molecule has 1 aliphatic rings. The van der Waals surface area contributed by atoms with E-state index >= 15 is 0 Å². The van der Waals surface area contributed by atoms with Crippen molar-refractivity contribution < 1.29 is 17.9 Å². The van der Waals surface area contributed by atoms with Crippen LogP contribution in [0, 0.1) is 0 Å². The van der Waals surface area contributed by atoms with Gasteiger partial charge in [-0.3, -0.25) is 0 Å². The predicted molar refractivity (Wildman–Crippen MR) is 86.4 cm³/mol. The van der Waals surface area contributed by atoms with E-state index in [0.717, 1.165) is 10.9 Å². The summed E-state index contributed by atoms with van der Waals surface area (Å²) in [5, 5.41) is 7.17. The average molecular weight is 372 g/mol. The number of nitrogens with zero attached hydrogens (tertiary/aromatic N) is 5. The van der Waals surface area contributed by atoms with Crippen LogP contribution in [0.15, 0.2) is 35.5 Å². The highest BCUT2D eigenvalue weighted by Gasteiger charge is 2.34. The molecule has 0 saturated carbocycles. The molecule has 1 aromatic carbocycles. The maximum absolute atomic E-state index is 12.8. The van der Waals surface area contributed by atoms with E-state index in [2.05, 4.69) is 15.3 Å². The Bertz CT molecular complexity index is 846. The number of methoxy groups -OCH3 is 1. The molecule has 1 unspecified atom stereocenters. The lowest BCUT2D eigenvalue weighted by atomic mass is 10.1. The van der Waals surface area contributed by atoms with Crippen molar-refractivity contribution in [2.45, 2.75) is 12.4 Å². The van der Waals surface area contributed by atoms with Gasteiger partial charge in [0.1, 0.15) is 0 Å². The highest BCUT2D eigenvalue weighted by molar-refractivity contribution is 6.30. The number of alkyl halides is 3. The molecule has 0 bridgehead atoms. The summed E-state index contributed by atoms with van der Waals surface area (Å²) >= 11 is 6.05. The molecule has 1 aliphatic heterocycles. The number of halogens is 4. The molecule has 0 amide bonds. The lowest BCUT2D eigenvalue weighted by molar-refractivity contribution is -0.141. The number of likely N-dealkylation sites (N-methyl/N-ethyl adjacent to an activating group) is 1. The van der Waals surface area contributed by atoms with Crippen molar-refractivity contribution in [3.05, 3.63) is 46.8 Å². The van der Waals surface area contributed by atoms with Crippen LogP contribution in [0.4, 0.5) is 13.2 Å². The largest absolute Gasteiger partial charge is 0.436 e. The molecule has 1 aromatic heterocycles. The highest BCUT2D eigenvalue weighted by atomic mass is 35.5. The van der Waals surface area contributed by atoms with E-state index in [0.29, 0.717) is 22.0 Å². The van der Waals surface area contributed by atoms with Gasteiger partial charge in [0.05, 0.1) is 23.9 Å². The molecule has 6 nitrogen and oxygen atoms in total. The van der Waals surface area contributed by atoms with Gasteiger partial charge in [-0.15, -0.1) is 5.10 Å². The Kier molecular flexibility index (Phi) is 4.53. The molecular weight excluding hydrogens is 359 g/mol. The molecule has 2 heterocycles. The van der Waals surface area contributed by atoms with Crippen LogP contribution in [0.5, 0.6) is 0 Å². The minimum absolute atomic E-state index is 0.360. The summed E-state index contributed by atoms with van der Waals surface area (Å²) in [7, 11) is 3.33. The van der Waals surface area contributed by atoms with Crippen LogP contribution >= 0.6 is 11.6 Å². The monoisotopic (exact) mass is 371 g/mol. The molecule has 2 aromatic rings. The van der Waals surface area contributed by atoms with Gasteiger partial charge in [0.2, 0.25) is 0 Å². The van der Waals surface area contributed by atoms with Gasteiger partial charge in [-0.1, -0.05) is 16.8 Å². The standard InChI is InChI=1S/C15H13ClF3N5O/c1-23-8-20-11(6-14(23)25-2)10-5-9(16)3-4-12(10)24-7-13(21-22-24)15(17,18)19/h3-8,14H,1-2H3. The summed E-state index contributed by atoms with van der Waals surface area (Å²) < 4.78 is 44.7. The minimum atomic E-state index is -4.57. The van der Waals surface area contributed by atoms with Gasteiger partial charge in [-0.25, -0.2) is 9.67 Å². The second kappa shape index (κ2) is 6.49. The number of hydrogen-bond acceptors (Lipinski definition) is 5. The second-order valence-electron chi connectivity index (χ2n) is 5.30. The first kappa shape index (κ1) is 17.4. The third-order valence-corrected chi connectivity index (χ3v) is 3.82. The smallest absolute Gasteiger partial charge is 0.358 e. The molecule has 0 spiro atoms. The van der Waals surface area contributed by atoms with Crippen LogP contribution < -0.4 is 0 Å². The van der Waals surface area contributed by atoms with Crippen molar-refractivity contribution in [3.8, 4) is 5.69 Å². The number of benzene rings is 1. The van der Waals surface area contributed by atoms with E-state index < -0.39 is 11.9 Å². The third-order valence-electron chi connectivity index (χ3n) is 3.59. The van der Waals surface area contributed by atoms with Crippen LogP contribution in [0.3, 0.4) is 0 Å². The summed E-state index contributed by atoms with van der Waals surface area (Å²) in [6.45, 7) is 0. The van der Waals surface area contributed by atoms with E-state index in [9.17, 15) is 13.2 Å². The molecule has 132 valence electrons. The first-order chi connectivity index (χ1) is 11.8. The molecule has 25 heavy (non-hydrogen) atoms. The molecule has 0 fully saturated rings. The van der Waals surface area contributed by atoms with Crippen molar-refractivity contribution in [2.75, 3.05) is 14.2 Å². The Morgan fingerprint density at radius 2 is 2.04 bits per heavy atom. The van der Waals surface area contributed by atoms with Crippen molar-refractivity contribution in [1.29, 1.82) is 0 Å². The van der Waals surface area contributed by atoms with Gasteiger partial charge in [0.25, 0.3) is 0 Å². The SMILES string of the molecule is COC1C=C(c2cc(Cl)ccc2-n2cc(C(F)(F)F)nn2)N=CN1C. The van der Waals surface area contributed by atoms with E-state index in [1.165, 1.54) is 0 Å². The number of hydrogen-bond donors (Lipinski definition) is 0. The lowest BCUT2D eigenvalue weighted by Gasteiger charge is -2.26. The molecule has 0 aliphatic carbocycles. The number of aliphatic imine (C=N–C) groups is 1. The van der Waals surface area contributed by atoms with Crippen LogP contribution in [0.2, 0.25) is 5.02 Å². The van der Waals surface area contributed by atoms with Crippen LogP contribution in [-0.2, 0) is 10.9 Å². The zero-order valence-electron chi connectivity index (χ0n) is 13.2. The van der Waals surface area contributed by atoms with E-state index in [-0.39, 0.29) is 6.23 Å². The number of ether oxygens (including phenoxy) is 1. The molecule has 1 atom stereocenters. The number of rotatable bonds is 3. The van der Waals surface area contributed by atoms with Gasteiger partial charge < -0.3 is 9.64 Å². The first-order valence-electron chi connectivity index (χ1n) is 7.10. The number of aromatic nitrogens is 3. The zero-order chi connectivity index (χ0) is 18.2. The van der Waals surface area contributed by atoms with E-state index in [4.69, 9.17) is 16.3 Å². The fourth-order valence-electron chi connectivity index (χ4n) is 2.33. The van der Waals surface area contributed by atoms with Gasteiger partial charge in [-0.2, -0.15) is 13.2 Å². The van der Waals surface area contributed by atoms with E-state index in [1.54, 1.807) is 49.7 Å². The van der Waals surface area contributed by atoms with Crippen molar-refractivity contribution in [1.82, 2.24) is 19.9 Å². The molecule has 0 radical (unpaired) electrons. The summed E-state index contributed by atoms with van der Waals surface area (Å²) in [6, 6.07) is 4.72. The summed E-state index contributed by atoms with van der Waals surface area (Å²) in [5.41, 5.74) is 0.309. The van der Waals surface area contributed by atoms with Gasteiger partial charge in [0, 0.05) is 24.7 Å². The minimum Gasteiger partial charge on any atom is -0.358 e. The Morgan fingerprint density at radius 1 is 1.28 bits per heavy atom. The molecular formula is C15H13ClF3N5O.